The summed E-state index contributed by atoms with van der Waals surface area (Å²) in [4.78, 5) is 7.47. The highest BCUT2D eigenvalue weighted by Crippen LogP contribution is 2.33. The van der Waals surface area contributed by atoms with Crippen molar-refractivity contribution in [2.45, 2.75) is 5.92 Å². The van der Waals surface area contributed by atoms with E-state index in [1.54, 1.807) is 17.5 Å². The van der Waals surface area contributed by atoms with Crippen molar-refractivity contribution >= 4 is 21.4 Å². The maximum absolute atomic E-state index is 5.89. The molecule has 0 aliphatic heterocycles. The number of rotatable bonds is 3. The van der Waals surface area contributed by atoms with Gasteiger partial charge in [-0.05, 0) is 22.4 Å². The molecule has 2 aromatic heterocycles. The van der Waals surface area contributed by atoms with Crippen molar-refractivity contribution in [1.29, 1.82) is 0 Å². The quantitative estimate of drug-likeness (QED) is 0.743. The highest BCUT2D eigenvalue weighted by Gasteiger charge is 2.18. The Hall–Kier alpha value is -1.65. The van der Waals surface area contributed by atoms with Gasteiger partial charge in [0.1, 0.15) is 5.82 Å². The molecule has 4 heteroatoms. The second kappa shape index (κ2) is 4.31. The van der Waals surface area contributed by atoms with E-state index in [4.69, 9.17) is 5.73 Å². The van der Waals surface area contributed by atoms with Crippen molar-refractivity contribution in [1.82, 2.24) is 9.97 Å². The second-order valence-corrected chi connectivity index (χ2v) is 4.86. The molecule has 17 heavy (non-hydrogen) atoms. The number of nitrogens with two attached hydrogens (primary N) is 1. The lowest BCUT2D eigenvalue weighted by Gasteiger charge is -2.11. The van der Waals surface area contributed by atoms with Gasteiger partial charge in [0.25, 0.3) is 0 Å². The third-order valence-corrected chi connectivity index (χ3v) is 3.95. The summed E-state index contributed by atoms with van der Waals surface area (Å²) in [5.74, 6) is 1.09. The molecule has 0 spiro atoms. The van der Waals surface area contributed by atoms with E-state index in [0.29, 0.717) is 6.54 Å². The fourth-order valence-electron chi connectivity index (χ4n) is 2.12. The first kappa shape index (κ1) is 10.5. The Bertz CT molecular complexity index is 612. The van der Waals surface area contributed by atoms with Gasteiger partial charge in [0.2, 0.25) is 0 Å². The van der Waals surface area contributed by atoms with Gasteiger partial charge in [-0.15, -0.1) is 11.3 Å². The van der Waals surface area contributed by atoms with Crippen LogP contribution in [0, 0.1) is 0 Å². The molecular weight excluding hydrogens is 230 g/mol. The molecule has 0 aliphatic rings. The van der Waals surface area contributed by atoms with Gasteiger partial charge in [0.15, 0.2) is 0 Å². The molecule has 0 bridgehead atoms. The second-order valence-electron chi connectivity index (χ2n) is 3.95. The number of fused-ring (bicyclic) bond motifs is 1. The number of hydrogen-bond donors (Lipinski definition) is 2. The fourth-order valence-corrected chi connectivity index (χ4v) is 3.14. The fraction of sp³-hybridized carbons (Fsp3) is 0.154. The molecule has 1 atom stereocenters. The minimum Gasteiger partial charge on any atom is -0.348 e. The van der Waals surface area contributed by atoms with Crippen LogP contribution in [0.4, 0.5) is 0 Å². The molecule has 0 saturated carbocycles. The molecule has 3 aromatic rings. The Labute approximate surface area is 103 Å². The number of hydrogen-bond acceptors (Lipinski definition) is 3. The largest absolute Gasteiger partial charge is 0.348 e. The highest BCUT2D eigenvalue weighted by atomic mass is 32.1. The smallest absolute Gasteiger partial charge is 0.114 e. The number of nitrogens with zero attached hydrogens (tertiary/aromatic N) is 1. The highest BCUT2D eigenvalue weighted by molar-refractivity contribution is 7.17. The maximum Gasteiger partial charge on any atom is 0.114 e. The van der Waals surface area contributed by atoms with E-state index in [2.05, 4.69) is 39.6 Å². The number of thiophene rings is 1. The van der Waals surface area contributed by atoms with Crippen LogP contribution >= 0.6 is 11.3 Å². The number of aromatic nitrogens is 2. The van der Waals surface area contributed by atoms with E-state index in [1.165, 1.54) is 15.6 Å². The van der Waals surface area contributed by atoms with Crippen LogP contribution in [-0.2, 0) is 0 Å². The van der Waals surface area contributed by atoms with Gasteiger partial charge in [-0.3, -0.25) is 0 Å². The normalized spacial score (nSPS) is 13.0. The minimum absolute atomic E-state index is 0.154. The monoisotopic (exact) mass is 243 g/mol. The number of H-pyrrole nitrogens is 1. The Kier molecular flexibility index (Phi) is 2.66. The lowest BCUT2D eigenvalue weighted by molar-refractivity contribution is 0.773. The van der Waals surface area contributed by atoms with Gasteiger partial charge in [-0.25, -0.2) is 4.98 Å². The molecule has 3 N–H and O–H groups in total. The molecule has 3 nitrogen and oxygen atoms in total. The summed E-state index contributed by atoms with van der Waals surface area (Å²) >= 11 is 1.76. The molecule has 0 radical (unpaired) electrons. The number of imidazole rings is 1. The molecule has 86 valence electrons. The van der Waals surface area contributed by atoms with Gasteiger partial charge in [-0.2, -0.15) is 0 Å². The molecule has 2 heterocycles. The molecule has 3 rings (SSSR count). The maximum atomic E-state index is 5.89. The number of nitrogens with one attached hydrogen (secondary N) is 1. The molecule has 1 unspecified atom stereocenters. The number of aromatic amines is 1. The summed E-state index contributed by atoms with van der Waals surface area (Å²) in [6, 6.07) is 8.41. The van der Waals surface area contributed by atoms with Gasteiger partial charge in [-0.1, -0.05) is 18.2 Å². The van der Waals surface area contributed by atoms with Crippen LogP contribution in [0.1, 0.15) is 17.3 Å². The topological polar surface area (TPSA) is 54.7 Å². The van der Waals surface area contributed by atoms with E-state index >= 15 is 0 Å². The third-order valence-electron chi connectivity index (χ3n) is 2.97. The van der Waals surface area contributed by atoms with E-state index in [-0.39, 0.29) is 5.92 Å². The zero-order valence-corrected chi connectivity index (χ0v) is 10.1. The Morgan fingerprint density at radius 3 is 3.00 bits per heavy atom. The lowest BCUT2D eigenvalue weighted by atomic mass is 9.98. The van der Waals surface area contributed by atoms with Gasteiger partial charge < -0.3 is 10.7 Å². The molecule has 0 fully saturated rings. The predicted octanol–water partition coefficient (Wildman–Crippen LogP) is 2.72. The molecule has 1 aromatic carbocycles. The zero-order chi connectivity index (χ0) is 11.7. The van der Waals surface area contributed by atoms with Gasteiger partial charge in [0.05, 0.1) is 5.92 Å². The summed E-state index contributed by atoms with van der Waals surface area (Å²) in [6.07, 6.45) is 3.61. The summed E-state index contributed by atoms with van der Waals surface area (Å²) < 4.78 is 1.30. The van der Waals surface area contributed by atoms with Crippen LogP contribution in [0.5, 0.6) is 0 Å². The van der Waals surface area contributed by atoms with Crippen molar-refractivity contribution < 1.29 is 0 Å². The third kappa shape index (κ3) is 1.75. The van der Waals surface area contributed by atoms with Crippen molar-refractivity contribution in [2.24, 2.45) is 5.73 Å². The summed E-state index contributed by atoms with van der Waals surface area (Å²) in [5, 5.41) is 3.47. The zero-order valence-electron chi connectivity index (χ0n) is 9.26. The predicted molar refractivity (Wildman–Crippen MR) is 71.3 cm³/mol. The van der Waals surface area contributed by atoms with Crippen LogP contribution in [0.2, 0.25) is 0 Å². The van der Waals surface area contributed by atoms with Crippen molar-refractivity contribution in [3.05, 3.63) is 53.4 Å². The van der Waals surface area contributed by atoms with E-state index < -0.39 is 0 Å². The molecular formula is C13H13N3S. The SMILES string of the molecule is NCC(c1ncc[nH]1)c1csc2ccccc12. The van der Waals surface area contributed by atoms with Crippen molar-refractivity contribution in [3.63, 3.8) is 0 Å². The first-order valence-corrected chi connectivity index (χ1v) is 6.43. The van der Waals surface area contributed by atoms with E-state index in [0.717, 1.165) is 5.82 Å². The van der Waals surface area contributed by atoms with Gasteiger partial charge >= 0.3 is 0 Å². The van der Waals surface area contributed by atoms with Crippen molar-refractivity contribution in [3.8, 4) is 0 Å². The summed E-state index contributed by atoms with van der Waals surface area (Å²) in [7, 11) is 0. The van der Waals surface area contributed by atoms with E-state index in [9.17, 15) is 0 Å². The van der Waals surface area contributed by atoms with Gasteiger partial charge in [0, 0.05) is 23.6 Å². The Morgan fingerprint density at radius 1 is 1.35 bits per heavy atom. The lowest BCUT2D eigenvalue weighted by Crippen LogP contribution is -2.14. The average molecular weight is 243 g/mol. The minimum atomic E-state index is 0.154. The van der Waals surface area contributed by atoms with Crippen LogP contribution in [0.15, 0.2) is 42.0 Å². The molecule has 0 saturated heterocycles. The van der Waals surface area contributed by atoms with Crippen molar-refractivity contribution in [2.75, 3.05) is 6.54 Å². The molecule has 0 amide bonds. The Morgan fingerprint density at radius 2 is 2.24 bits per heavy atom. The molecule has 0 aliphatic carbocycles. The standard InChI is InChI=1S/C13H13N3S/c14-7-10(13-15-5-6-16-13)11-8-17-12-4-2-1-3-9(11)12/h1-6,8,10H,7,14H2,(H,15,16). The first-order valence-electron chi connectivity index (χ1n) is 5.55. The van der Waals surface area contributed by atoms with Crippen LogP contribution in [0.25, 0.3) is 10.1 Å². The van der Waals surface area contributed by atoms with Crippen LogP contribution in [-0.4, -0.2) is 16.5 Å². The summed E-state index contributed by atoms with van der Waals surface area (Å²) in [6.45, 7) is 0.564. The van der Waals surface area contributed by atoms with Crippen LogP contribution in [0.3, 0.4) is 0 Å². The average Bonchev–Trinajstić information content (AvgIpc) is 3.01. The van der Waals surface area contributed by atoms with Crippen LogP contribution < -0.4 is 5.73 Å². The number of benzene rings is 1. The van der Waals surface area contributed by atoms with E-state index in [1.807, 2.05) is 6.20 Å². The Balaban J connectivity index is 2.13. The summed E-state index contributed by atoms with van der Waals surface area (Å²) in [5.41, 5.74) is 7.16. The first-order chi connectivity index (χ1) is 8.40.